The van der Waals surface area contributed by atoms with Gasteiger partial charge in [-0.1, -0.05) is 43.3 Å². The summed E-state index contributed by atoms with van der Waals surface area (Å²) in [4.78, 5) is 42.2. The Hall–Kier alpha value is -3.39. The molecule has 3 amide bonds. The Bertz CT molecular complexity index is 1180. The normalized spacial score (nSPS) is 18.2. The van der Waals surface area contributed by atoms with Gasteiger partial charge in [0.25, 0.3) is 5.91 Å². The fourth-order valence-electron chi connectivity index (χ4n) is 4.68. The topological polar surface area (TPSA) is 108 Å². The SMILES string of the molecule is Cc1cccc(C(C(=O)Nc2c(C)cccc2C)N(C(=O)C(CO)NC(=O)OC(C)(C)C)C2CC2C)c1C. The van der Waals surface area contributed by atoms with Crippen molar-refractivity contribution in [2.75, 3.05) is 11.9 Å². The number of benzene rings is 2. The van der Waals surface area contributed by atoms with Crippen molar-refractivity contribution in [2.24, 2.45) is 5.92 Å². The summed E-state index contributed by atoms with van der Waals surface area (Å²) < 4.78 is 5.32. The highest BCUT2D eigenvalue weighted by molar-refractivity contribution is 6.00. The van der Waals surface area contributed by atoms with Gasteiger partial charge in [0, 0.05) is 11.7 Å². The molecule has 0 radical (unpaired) electrons. The van der Waals surface area contributed by atoms with Crippen LogP contribution in [-0.2, 0) is 14.3 Å². The Labute approximate surface area is 225 Å². The number of carbonyl (C=O) groups excluding carboxylic acids is 3. The molecule has 4 unspecified atom stereocenters. The van der Waals surface area contributed by atoms with E-state index in [1.165, 1.54) is 0 Å². The van der Waals surface area contributed by atoms with E-state index in [9.17, 15) is 19.5 Å². The van der Waals surface area contributed by atoms with Gasteiger partial charge in [-0.05, 0) is 88.6 Å². The van der Waals surface area contributed by atoms with Crippen LogP contribution in [0, 0.1) is 33.6 Å². The Balaban J connectivity index is 2.06. The van der Waals surface area contributed by atoms with Crippen LogP contribution in [0.4, 0.5) is 10.5 Å². The molecule has 8 heteroatoms. The number of hydrogen-bond donors (Lipinski definition) is 3. The lowest BCUT2D eigenvalue weighted by molar-refractivity contribution is -0.142. The Kier molecular flexibility index (Phi) is 8.87. The highest BCUT2D eigenvalue weighted by Gasteiger charge is 2.48. The Morgan fingerprint density at radius 1 is 1.03 bits per heavy atom. The van der Waals surface area contributed by atoms with Crippen LogP contribution >= 0.6 is 0 Å². The average Bonchev–Trinajstić information content (AvgIpc) is 3.54. The minimum Gasteiger partial charge on any atom is -0.444 e. The van der Waals surface area contributed by atoms with Gasteiger partial charge in [0.2, 0.25) is 5.91 Å². The van der Waals surface area contributed by atoms with Crippen molar-refractivity contribution in [2.45, 2.75) is 85.5 Å². The summed E-state index contributed by atoms with van der Waals surface area (Å²) in [5.74, 6) is -0.715. The maximum Gasteiger partial charge on any atom is 0.408 e. The van der Waals surface area contributed by atoms with E-state index in [1.54, 1.807) is 25.7 Å². The molecule has 1 fully saturated rings. The van der Waals surface area contributed by atoms with E-state index >= 15 is 0 Å². The molecule has 3 rings (SSSR count). The molecule has 2 aromatic carbocycles. The van der Waals surface area contributed by atoms with E-state index in [0.717, 1.165) is 22.3 Å². The summed E-state index contributed by atoms with van der Waals surface area (Å²) in [5, 5.41) is 15.7. The third kappa shape index (κ3) is 6.72. The van der Waals surface area contributed by atoms with E-state index in [1.807, 2.05) is 71.0 Å². The number of ether oxygens (including phenoxy) is 1. The molecule has 206 valence electrons. The molecule has 0 saturated heterocycles. The molecule has 0 spiro atoms. The molecular formula is C30H41N3O5. The van der Waals surface area contributed by atoms with Crippen molar-refractivity contribution in [3.05, 3.63) is 64.2 Å². The zero-order valence-corrected chi connectivity index (χ0v) is 23.7. The van der Waals surface area contributed by atoms with Crippen LogP contribution < -0.4 is 10.6 Å². The maximum absolute atomic E-state index is 14.1. The predicted molar refractivity (Wildman–Crippen MR) is 148 cm³/mol. The van der Waals surface area contributed by atoms with Crippen molar-refractivity contribution >= 4 is 23.6 Å². The first-order chi connectivity index (χ1) is 17.7. The molecule has 0 bridgehead atoms. The smallest absolute Gasteiger partial charge is 0.408 e. The second-order valence-corrected chi connectivity index (χ2v) is 11.4. The molecule has 1 aliphatic rings. The van der Waals surface area contributed by atoms with Crippen LogP contribution in [-0.4, -0.2) is 52.2 Å². The number of hydrogen-bond acceptors (Lipinski definition) is 5. The molecule has 2 aromatic rings. The van der Waals surface area contributed by atoms with Crippen molar-refractivity contribution < 1.29 is 24.2 Å². The van der Waals surface area contributed by atoms with Crippen molar-refractivity contribution in [1.29, 1.82) is 0 Å². The first-order valence-corrected chi connectivity index (χ1v) is 13.1. The number of carbonyl (C=O) groups is 3. The number of para-hydroxylation sites is 1. The first kappa shape index (κ1) is 29.2. The monoisotopic (exact) mass is 523 g/mol. The van der Waals surface area contributed by atoms with Crippen molar-refractivity contribution in [3.63, 3.8) is 0 Å². The summed E-state index contributed by atoms with van der Waals surface area (Å²) in [6.07, 6.45) is -0.0917. The first-order valence-electron chi connectivity index (χ1n) is 13.1. The number of aliphatic hydroxyl groups is 1. The number of aryl methyl sites for hydroxylation is 3. The standard InChI is InChI=1S/C30H41N3O5/c1-17-11-10-14-22(21(17)5)26(27(35)32-25-18(2)12-9-13-19(25)3)33(24-15-20(24)4)28(36)23(16-34)31-29(37)38-30(6,7)8/h9-14,20,23-24,26,34H,15-16H2,1-8H3,(H,31,37)(H,32,35). The second-order valence-electron chi connectivity index (χ2n) is 11.4. The summed E-state index contributed by atoms with van der Waals surface area (Å²) >= 11 is 0. The van der Waals surface area contributed by atoms with Gasteiger partial charge in [0.05, 0.1) is 6.61 Å². The zero-order chi connectivity index (χ0) is 28.4. The van der Waals surface area contributed by atoms with Gasteiger partial charge in [0.1, 0.15) is 17.7 Å². The van der Waals surface area contributed by atoms with Crippen LogP contribution in [0.25, 0.3) is 0 Å². The fourth-order valence-corrected chi connectivity index (χ4v) is 4.68. The second kappa shape index (κ2) is 11.6. The lowest BCUT2D eigenvalue weighted by Crippen LogP contribution is -2.54. The molecular weight excluding hydrogens is 482 g/mol. The molecule has 3 N–H and O–H groups in total. The van der Waals surface area contributed by atoms with Crippen LogP contribution in [0.1, 0.15) is 68.0 Å². The number of rotatable bonds is 8. The lowest BCUT2D eigenvalue weighted by Gasteiger charge is -2.35. The largest absolute Gasteiger partial charge is 0.444 e. The van der Waals surface area contributed by atoms with E-state index in [4.69, 9.17) is 4.74 Å². The van der Waals surface area contributed by atoms with Gasteiger partial charge in [-0.3, -0.25) is 9.59 Å². The predicted octanol–water partition coefficient (Wildman–Crippen LogP) is 4.72. The summed E-state index contributed by atoms with van der Waals surface area (Å²) in [5.41, 5.74) is 4.36. The van der Waals surface area contributed by atoms with E-state index < -0.39 is 36.3 Å². The molecule has 0 aliphatic heterocycles. The highest BCUT2D eigenvalue weighted by atomic mass is 16.6. The van der Waals surface area contributed by atoms with Gasteiger partial charge >= 0.3 is 6.09 Å². The van der Waals surface area contributed by atoms with Gasteiger partial charge < -0.3 is 25.4 Å². The van der Waals surface area contributed by atoms with Crippen LogP contribution in [0.5, 0.6) is 0 Å². The number of amides is 3. The summed E-state index contributed by atoms with van der Waals surface area (Å²) in [6, 6.07) is 9.03. The summed E-state index contributed by atoms with van der Waals surface area (Å²) in [6.45, 7) is 14.3. The van der Waals surface area contributed by atoms with Crippen LogP contribution in [0.2, 0.25) is 0 Å². The fraction of sp³-hybridized carbons (Fsp3) is 0.500. The third-order valence-corrected chi connectivity index (χ3v) is 7.05. The van der Waals surface area contributed by atoms with Crippen LogP contribution in [0.15, 0.2) is 36.4 Å². The molecule has 0 aromatic heterocycles. The maximum atomic E-state index is 14.1. The number of aliphatic hydroxyl groups excluding tert-OH is 1. The molecule has 1 saturated carbocycles. The number of nitrogens with one attached hydrogen (secondary N) is 2. The molecule has 1 aliphatic carbocycles. The van der Waals surface area contributed by atoms with Gasteiger partial charge in [-0.25, -0.2) is 4.79 Å². The zero-order valence-electron chi connectivity index (χ0n) is 23.7. The van der Waals surface area contributed by atoms with Crippen molar-refractivity contribution in [3.8, 4) is 0 Å². The minimum atomic E-state index is -1.27. The highest BCUT2D eigenvalue weighted by Crippen LogP contribution is 2.42. The number of anilines is 1. The van der Waals surface area contributed by atoms with E-state index in [2.05, 4.69) is 10.6 Å². The minimum absolute atomic E-state index is 0.167. The average molecular weight is 524 g/mol. The molecule has 4 atom stereocenters. The summed E-state index contributed by atoms with van der Waals surface area (Å²) in [7, 11) is 0. The molecule has 8 nitrogen and oxygen atoms in total. The third-order valence-electron chi connectivity index (χ3n) is 7.05. The quantitative estimate of drug-likeness (QED) is 0.464. The number of nitrogens with zero attached hydrogens (tertiary/aromatic N) is 1. The van der Waals surface area contributed by atoms with Gasteiger partial charge in [-0.15, -0.1) is 0 Å². The van der Waals surface area contributed by atoms with Crippen LogP contribution in [0.3, 0.4) is 0 Å². The van der Waals surface area contributed by atoms with Crippen molar-refractivity contribution in [1.82, 2.24) is 10.2 Å². The van der Waals surface area contributed by atoms with Gasteiger partial charge in [0.15, 0.2) is 0 Å². The van der Waals surface area contributed by atoms with E-state index in [-0.39, 0.29) is 17.9 Å². The van der Waals surface area contributed by atoms with E-state index in [0.29, 0.717) is 17.7 Å². The molecule has 0 heterocycles. The number of alkyl carbamates (subject to hydrolysis) is 1. The molecule has 38 heavy (non-hydrogen) atoms. The lowest BCUT2D eigenvalue weighted by atomic mass is 9.94. The van der Waals surface area contributed by atoms with Gasteiger partial charge in [-0.2, -0.15) is 0 Å². The Morgan fingerprint density at radius 3 is 2.11 bits per heavy atom. The Morgan fingerprint density at radius 2 is 1.58 bits per heavy atom.